The summed E-state index contributed by atoms with van der Waals surface area (Å²) in [5.74, 6) is 0.580. The topological polar surface area (TPSA) is 46.9 Å². The second kappa shape index (κ2) is 7.72. The molecule has 2 aromatic carbocycles. The zero-order valence-corrected chi connectivity index (χ0v) is 15.1. The molecule has 1 atom stereocenters. The Morgan fingerprint density at radius 2 is 1.80 bits per heavy atom. The van der Waals surface area contributed by atoms with E-state index in [4.69, 9.17) is 23.2 Å². The number of nitrogens with zero attached hydrogens (tertiary/aromatic N) is 2. The van der Waals surface area contributed by atoms with Crippen LogP contribution < -0.4 is 5.32 Å². The summed E-state index contributed by atoms with van der Waals surface area (Å²) >= 11 is 12.3. The minimum atomic E-state index is -0.352. The molecular formula is C19H17Cl2N3O. The Balaban J connectivity index is 1.86. The van der Waals surface area contributed by atoms with Gasteiger partial charge in [0.05, 0.1) is 6.42 Å². The molecule has 0 fully saturated rings. The summed E-state index contributed by atoms with van der Waals surface area (Å²) in [5.41, 5.74) is 1.57. The highest BCUT2D eigenvalue weighted by Gasteiger charge is 2.21. The third-order valence-electron chi connectivity index (χ3n) is 3.95. The Bertz CT molecular complexity index is 857. The maximum Gasteiger partial charge on any atom is 0.225 e. The zero-order valence-electron chi connectivity index (χ0n) is 13.6. The first-order valence-corrected chi connectivity index (χ1v) is 8.56. The van der Waals surface area contributed by atoms with E-state index in [2.05, 4.69) is 10.3 Å². The van der Waals surface area contributed by atoms with Gasteiger partial charge in [0.2, 0.25) is 5.91 Å². The van der Waals surface area contributed by atoms with Crippen LogP contribution in [0.5, 0.6) is 0 Å². The number of benzene rings is 2. The van der Waals surface area contributed by atoms with Crippen molar-refractivity contribution in [2.24, 2.45) is 7.05 Å². The molecule has 128 valence electrons. The van der Waals surface area contributed by atoms with E-state index in [1.807, 2.05) is 48.1 Å². The van der Waals surface area contributed by atoms with Gasteiger partial charge in [-0.15, -0.1) is 0 Å². The maximum absolute atomic E-state index is 12.6. The summed E-state index contributed by atoms with van der Waals surface area (Å²) < 4.78 is 1.89. The van der Waals surface area contributed by atoms with Crippen LogP contribution in [0.4, 0.5) is 0 Å². The van der Waals surface area contributed by atoms with Crippen LogP contribution in [0.2, 0.25) is 10.0 Å². The van der Waals surface area contributed by atoms with E-state index < -0.39 is 0 Å². The van der Waals surface area contributed by atoms with Gasteiger partial charge in [0.1, 0.15) is 11.9 Å². The van der Waals surface area contributed by atoms with Gasteiger partial charge in [-0.2, -0.15) is 0 Å². The average Bonchev–Trinajstić information content (AvgIpc) is 3.03. The van der Waals surface area contributed by atoms with Gasteiger partial charge < -0.3 is 9.88 Å². The molecule has 6 heteroatoms. The van der Waals surface area contributed by atoms with Gasteiger partial charge in [0.15, 0.2) is 0 Å². The Hall–Kier alpha value is -2.30. The third-order valence-corrected chi connectivity index (χ3v) is 4.66. The molecule has 1 N–H and O–H groups in total. The molecular weight excluding hydrogens is 357 g/mol. The predicted molar refractivity (Wildman–Crippen MR) is 99.8 cm³/mol. The first kappa shape index (κ1) is 17.5. The summed E-state index contributed by atoms with van der Waals surface area (Å²) in [6.45, 7) is 0. The number of amides is 1. The molecule has 0 spiro atoms. The quantitative estimate of drug-likeness (QED) is 0.729. The number of halogens is 2. The lowest BCUT2D eigenvalue weighted by molar-refractivity contribution is -0.121. The largest absolute Gasteiger partial charge is 0.342 e. The van der Waals surface area contributed by atoms with Crippen LogP contribution in [0, 0.1) is 0 Å². The summed E-state index contributed by atoms with van der Waals surface area (Å²) in [6.07, 6.45) is 3.66. The fraction of sp³-hybridized carbons (Fsp3) is 0.158. The molecule has 0 bridgehead atoms. The highest BCUT2D eigenvalue weighted by molar-refractivity contribution is 6.36. The van der Waals surface area contributed by atoms with E-state index in [-0.39, 0.29) is 18.4 Å². The Kier molecular flexibility index (Phi) is 5.41. The Morgan fingerprint density at radius 1 is 1.12 bits per heavy atom. The zero-order chi connectivity index (χ0) is 17.8. The molecule has 1 amide bonds. The van der Waals surface area contributed by atoms with Crippen LogP contribution in [0.15, 0.2) is 60.9 Å². The lowest BCUT2D eigenvalue weighted by Gasteiger charge is -2.19. The lowest BCUT2D eigenvalue weighted by Crippen LogP contribution is -2.32. The molecule has 0 saturated carbocycles. The SMILES string of the molecule is Cn1ccnc1[C@H](NC(=O)Cc1c(Cl)cccc1Cl)c1ccccc1. The number of hydrogen-bond donors (Lipinski definition) is 1. The van der Waals surface area contributed by atoms with Gasteiger partial charge in [-0.1, -0.05) is 59.6 Å². The van der Waals surface area contributed by atoms with Crippen molar-refractivity contribution in [1.29, 1.82) is 0 Å². The maximum atomic E-state index is 12.6. The number of aromatic nitrogens is 2. The smallest absolute Gasteiger partial charge is 0.225 e. The number of hydrogen-bond acceptors (Lipinski definition) is 2. The lowest BCUT2D eigenvalue weighted by atomic mass is 10.1. The van der Waals surface area contributed by atoms with E-state index >= 15 is 0 Å². The van der Waals surface area contributed by atoms with Crippen molar-refractivity contribution in [3.05, 3.63) is 87.9 Å². The number of carbonyl (C=O) groups is 1. The predicted octanol–water partition coefficient (Wildman–Crippen LogP) is 4.18. The van der Waals surface area contributed by atoms with E-state index in [0.717, 1.165) is 11.4 Å². The molecule has 0 unspecified atom stereocenters. The van der Waals surface area contributed by atoms with Crippen LogP contribution in [0.25, 0.3) is 0 Å². The molecule has 25 heavy (non-hydrogen) atoms. The van der Waals surface area contributed by atoms with Gasteiger partial charge in [0, 0.05) is 29.5 Å². The summed E-state index contributed by atoms with van der Waals surface area (Å²) in [4.78, 5) is 17.0. The highest BCUT2D eigenvalue weighted by Crippen LogP contribution is 2.26. The first-order valence-electron chi connectivity index (χ1n) is 7.80. The van der Waals surface area contributed by atoms with Crippen molar-refractivity contribution in [3.8, 4) is 0 Å². The average molecular weight is 374 g/mol. The molecule has 3 rings (SSSR count). The fourth-order valence-electron chi connectivity index (χ4n) is 2.67. The van der Waals surface area contributed by atoms with Gasteiger partial charge in [-0.3, -0.25) is 4.79 Å². The van der Waals surface area contributed by atoms with Gasteiger partial charge in [-0.25, -0.2) is 4.98 Å². The molecule has 0 aliphatic heterocycles. The van der Waals surface area contributed by atoms with Crippen LogP contribution in [0.3, 0.4) is 0 Å². The standard InChI is InChI=1S/C19H17Cl2N3O/c1-24-11-10-22-19(24)18(13-6-3-2-4-7-13)23-17(25)12-14-15(20)8-5-9-16(14)21/h2-11,18H,12H2,1H3,(H,23,25)/t18-/m1/s1. The number of imidazole rings is 1. The van der Waals surface area contributed by atoms with Crippen LogP contribution in [-0.2, 0) is 18.3 Å². The van der Waals surface area contributed by atoms with E-state index in [1.54, 1.807) is 24.4 Å². The van der Waals surface area contributed by atoms with Gasteiger partial charge >= 0.3 is 0 Å². The summed E-state index contributed by atoms with van der Waals surface area (Å²) in [7, 11) is 1.90. The van der Waals surface area contributed by atoms with Crippen molar-refractivity contribution in [3.63, 3.8) is 0 Å². The van der Waals surface area contributed by atoms with Gasteiger partial charge in [0.25, 0.3) is 0 Å². The third kappa shape index (κ3) is 4.03. The molecule has 1 aromatic heterocycles. The van der Waals surface area contributed by atoms with Crippen molar-refractivity contribution in [2.45, 2.75) is 12.5 Å². The number of aryl methyl sites for hydroxylation is 1. The van der Waals surface area contributed by atoms with Crippen molar-refractivity contribution < 1.29 is 4.79 Å². The minimum absolute atomic E-state index is 0.103. The summed E-state index contributed by atoms with van der Waals surface area (Å²) in [5, 5.41) is 4.00. The van der Waals surface area contributed by atoms with Crippen LogP contribution in [0.1, 0.15) is 23.0 Å². The molecule has 3 aromatic rings. The van der Waals surface area contributed by atoms with Crippen molar-refractivity contribution in [2.75, 3.05) is 0 Å². The summed E-state index contributed by atoms with van der Waals surface area (Å²) in [6, 6.07) is 14.6. The molecule has 0 radical (unpaired) electrons. The second-order valence-corrected chi connectivity index (χ2v) is 6.50. The van der Waals surface area contributed by atoms with Crippen LogP contribution >= 0.6 is 23.2 Å². The second-order valence-electron chi connectivity index (χ2n) is 5.68. The fourth-order valence-corrected chi connectivity index (χ4v) is 3.20. The Morgan fingerprint density at radius 3 is 2.40 bits per heavy atom. The number of carbonyl (C=O) groups excluding carboxylic acids is 1. The normalized spacial score (nSPS) is 12.0. The monoisotopic (exact) mass is 373 g/mol. The molecule has 0 saturated heterocycles. The number of rotatable bonds is 5. The van der Waals surface area contributed by atoms with Gasteiger partial charge in [-0.05, 0) is 23.3 Å². The Labute approximate surface area is 156 Å². The van der Waals surface area contributed by atoms with Crippen molar-refractivity contribution in [1.82, 2.24) is 14.9 Å². The molecule has 0 aliphatic rings. The molecule has 4 nitrogen and oxygen atoms in total. The van der Waals surface area contributed by atoms with Crippen LogP contribution in [-0.4, -0.2) is 15.5 Å². The first-order chi connectivity index (χ1) is 12.1. The highest BCUT2D eigenvalue weighted by atomic mass is 35.5. The van der Waals surface area contributed by atoms with E-state index in [9.17, 15) is 4.79 Å². The van der Waals surface area contributed by atoms with E-state index in [1.165, 1.54) is 0 Å². The van der Waals surface area contributed by atoms with Crippen molar-refractivity contribution >= 4 is 29.1 Å². The van der Waals surface area contributed by atoms with E-state index in [0.29, 0.717) is 15.6 Å². The molecule has 0 aliphatic carbocycles. The number of nitrogens with one attached hydrogen (secondary N) is 1. The molecule has 1 heterocycles. The minimum Gasteiger partial charge on any atom is -0.342 e.